The highest BCUT2D eigenvalue weighted by molar-refractivity contribution is 5.93. The molecule has 1 aliphatic heterocycles. The van der Waals surface area contributed by atoms with E-state index >= 15 is 0 Å². The minimum Gasteiger partial charge on any atom is -0.490 e. The van der Waals surface area contributed by atoms with Crippen LogP contribution in [0, 0.1) is 0 Å². The molecule has 0 aromatic heterocycles. The number of anilines is 1. The highest BCUT2D eigenvalue weighted by Gasteiger charge is 2.11. The van der Waals surface area contributed by atoms with Crippen molar-refractivity contribution in [3.8, 4) is 11.5 Å². The summed E-state index contributed by atoms with van der Waals surface area (Å²) in [4.78, 5) is 6.73. The monoisotopic (exact) mass is 396 g/mol. The molecule has 0 bridgehead atoms. The minimum absolute atomic E-state index is 0.674. The fourth-order valence-corrected chi connectivity index (χ4v) is 3.21. The summed E-state index contributed by atoms with van der Waals surface area (Å²) in [7, 11) is 1.77. The molecule has 0 atom stereocenters. The normalized spacial score (nSPS) is 13.9. The molecule has 6 heteroatoms. The second-order valence-corrected chi connectivity index (χ2v) is 7.04. The van der Waals surface area contributed by atoms with Gasteiger partial charge in [-0.2, -0.15) is 0 Å². The fraction of sp³-hybridized carbons (Fsp3) is 0.435. The standard InChI is InChI=1S/C23H32N4O2/c1-4-27(5-2)17-19-9-7-18(8-10-19)16-25-23(24-3)26-20-11-12-21-22(15-20)29-14-6-13-28-21/h7-12,15H,4-6,13-14,16-17H2,1-3H3,(H2,24,25,26). The van der Waals surface area contributed by atoms with Crippen LogP contribution < -0.4 is 20.1 Å². The van der Waals surface area contributed by atoms with E-state index in [0.717, 1.165) is 43.2 Å². The summed E-state index contributed by atoms with van der Waals surface area (Å²) in [5, 5.41) is 6.68. The van der Waals surface area contributed by atoms with E-state index in [-0.39, 0.29) is 0 Å². The van der Waals surface area contributed by atoms with Crippen molar-refractivity contribution in [3.05, 3.63) is 53.6 Å². The molecular weight excluding hydrogens is 364 g/mol. The van der Waals surface area contributed by atoms with Gasteiger partial charge in [-0.15, -0.1) is 0 Å². The lowest BCUT2D eigenvalue weighted by molar-refractivity contribution is 0.296. The Balaban J connectivity index is 1.55. The molecule has 3 rings (SSSR count). The molecule has 0 spiro atoms. The molecule has 2 aromatic carbocycles. The summed E-state index contributed by atoms with van der Waals surface area (Å²) < 4.78 is 11.4. The van der Waals surface area contributed by atoms with Gasteiger partial charge in [0.2, 0.25) is 0 Å². The van der Waals surface area contributed by atoms with Crippen LogP contribution in [0.15, 0.2) is 47.5 Å². The van der Waals surface area contributed by atoms with Gasteiger partial charge in [0.1, 0.15) is 0 Å². The number of hydrogen-bond acceptors (Lipinski definition) is 4. The predicted molar refractivity (Wildman–Crippen MR) is 119 cm³/mol. The first-order valence-electron chi connectivity index (χ1n) is 10.4. The van der Waals surface area contributed by atoms with Crippen molar-refractivity contribution >= 4 is 11.6 Å². The van der Waals surface area contributed by atoms with Crippen LogP contribution in [0.2, 0.25) is 0 Å². The lowest BCUT2D eigenvalue weighted by atomic mass is 10.1. The van der Waals surface area contributed by atoms with Crippen molar-refractivity contribution in [3.63, 3.8) is 0 Å². The van der Waals surface area contributed by atoms with Crippen molar-refractivity contribution in [2.75, 3.05) is 38.7 Å². The van der Waals surface area contributed by atoms with E-state index in [9.17, 15) is 0 Å². The van der Waals surface area contributed by atoms with Gasteiger partial charge in [-0.3, -0.25) is 9.89 Å². The Morgan fingerprint density at radius 1 is 0.966 bits per heavy atom. The Morgan fingerprint density at radius 2 is 1.66 bits per heavy atom. The predicted octanol–water partition coefficient (Wildman–Crippen LogP) is 3.88. The van der Waals surface area contributed by atoms with Crippen molar-refractivity contribution in [2.45, 2.75) is 33.4 Å². The van der Waals surface area contributed by atoms with E-state index in [0.29, 0.717) is 25.7 Å². The van der Waals surface area contributed by atoms with E-state index < -0.39 is 0 Å². The zero-order chi connectivity index (χ0) is 20.5. The Kier molecular flexibility index (Phi) is 7.76. The van der Waals surface area contributed by atoms with Gasteiger partial charge in [0, 0.05) is 38.3 Å². The molecule has 0 fully saturated rings. The summed E-state index contributed by atoms with van der Waals surface area (Å²) in [5.74, 6) is 2.28. The number of guanidine groups is 1. The van der Waals surface area contributed by atoms with E-state index in [1.807, 2.05) is 18.2 Å². The Labute approximate surface area is 173 Å². The number of nitrogens with zero attached hydrogens (tertiary/aromatic N) is 2. The Hall–Kier alpha value is -2.73. The number of rotatable bonds is 7. The largest absolute Gasteiger partial charge is 0.490 e. The van der Waals surface area contributed by atoms with E-state index in [1.54, 1.807) is 7.05 Å². The van der Waals surface area contributed by atoms with Gasteiger partial charge in [-0.05, 0) is 36.3 Å². The molecule has 2 N–H and O–H groups in total. The van der Waals surface area contributed by atoms with Crippen LogP contribution in [0.3, 0.4) is 0 Å². The topological polar surface area (TPSA) is 58.1 Å². The van der Waals surface area contributed by atoms with E-state index in [2.05, 4.69) is 58.6 Å². The molecule has 0 amide bonds. The molecule has 0 saturated carbocycles. The zero-order valence-corrected chi connectivity index (χ0v) is 17.7. The van der Waals surface area contributed by atoms with Crippen molar-refractivity contribution in [2.24, 2.45) is 4.99 Å². The molecule has 1 heterocycles. The summed E-state index contributed by atoms with van der Waals surface area (Å²) in [6.07, 6.45) is 0.897. The summed E-state index contributed by atoms with van der Waals surface area (Å²) in [6, 6.07) is 14.6. The average Bonchev–Trinajstić information content (AvgIpc) is 3.00. The van der Waals surface area contributed by atoms with Gasteiger partial charge in [0.15, 0.2) is 17.5 Å². The van der Waals surface area contributed by atoms with E-state index in [4.69, 9.17) is 9.47 Å². The third kappa shape index (κ3) is 6.12. The van der Waals surface area contributed by atoms with Crippen molar-refractivity contribution in [1.29, 1.82) is 0 Å². The number of aliphatic imine (C=N–C) groups is 1. The highest BCUT2D eigenvalue weighted by atomic mass is 16.5. The molecule has 6 nitrogen and oxygen atoms in total. The molecular formula is C23H32N4O2. The summed E-state index contributed by atoms with van der Waals surface area (Å²) >= 11 is 0. The molecule has 0 unspecified atom stereocenters. The number of fused-ring (bicyclic) bond motifs is 1. The van der Waals surface area contributed by atoms with Gasteiger partial charge in [-0.25, -0.2) is 0 Å². The third-order valence-corrected chi connectivity index (χ3v) is 5.02. The fourth-order valence-electron chi connectivity index (χ4n) is 3.21. The third-order valence-electron chi connectivity index (χ3n) is 5.02. The molecule has 29 heavy (non-hydrogen) atoms. The summed E-state index contributed by atoms with van der Waals surface area (Å²) in [5.41, 5.74) is 3.47. The number of ether oxygens (including phenoxy) is 2. The van der Waals surface area contributed by atoms with Crippen LogP contribution in [0.25, 0.3) is 0 Å². The van der Waals surface area contributed by atoms with Gasteiger partial charge in [-0.1, -0.05) is 38.1 Å². The maximum Gasteiger partial charge on any atom is 0.195 e. The smallest absolute Gasteiger partial charge is 0.195 e. The maximum absolute atomic E-state index is 5.76. The molecule has 2 aromatic rings. The Bertz CT molecular complexity index is 801. The first-order chi connectivity index (χ1) is 14.2. The van der Waals surface area contributed by atoms with Crippen LogP contribution in [-0.2, 0) is 13.1 Å². The van der Waals surface area contributed by atoms with Crippen LogP contribution in [0.5, 0.6) is 11.5 Å². The number of benzene rings is 2. The van der Waals surface area contributed by atoms with Gasteiger partial charge in [0.05, 0.1) is 13.2 Å². The second kappa shape index (κ2) is 10.7. The number of nitrogens with one attached hydrogen (secondary N) is 2. The van der Waals surface area contributed by atoms with Crippen molar-refractivity contribution < 1.29 is 9.47 Å². The average molecular weight is 397 g/mol. The second-order valence-electron chi connectivity index (χ2n) is 7.04. The van der Waals surface area contributed by atoms with Crippen LogP contribution in [-0.4, -0.2) is 44.2 Å². The number of hydrogen-bond donors (Lipinski definition) is 2. The molecule has 156 valence electrons. The van der Waals surface area contributed by atoms with Gasteiger partial charge < -0.3 is 20.1 Å². The van der Waals surface area contributed by atoms with Gasteiger partial charge >= 0.3 is 0 Å². The lowest BCUT2D eigenvalue weighted by Gasteiger charge is -2.18. The first-order valence-corrected chi connectivity index (χ1v) is 10.4. The summed E-state index contributed by atoms with van der Waals surface area (Å²) in [6.45, 7) is 9.60. The lowest BCUT2D eigenvalue weighted by Crippen LogP contribution is -2.30. The van der Waals surface area contributed by atoms with Crippen LogP contribution >= 0.6 is 0 Å². The molecule has 0 saturated heterocycles. The Morgan fingerprint density at radius 3 is 2.34 bits per heavy atom. The molecule has 0 radical (unpaired) electrons. The maximum atomic E-state index is 5.76. The quantitative estimate of drug-likeness (QED) is 0.549. The van der Waals surface area contributed by atoms with Gasteiger partial charge in [0.25, 0.3) is 0 Å². The first kappa shape index (κ1) is 21.0. The zero-order valence-electron chi connectivity index (χ0n) is 17.7. The van der Waals surface area contributed by atoms with Crippen LogP contribution in [0.1, 0.15) is 31.4 Å². The van der Waals surface area contributed by atoms with Crippen LogP contribution in [0.4, 0.5) is 5.69 Å². The highest BCUT2D eigenvalue weighted by Crippen LogP contribution is 2.32. The molecule has 1 aliphatic rings. The van der Waals surface area contributed by atoms with E-state index in [1.165, 1.54) is 11.1 Å². The minimum atomic E-state index is 0.674. The van der Waals surface area contributed by atoms with Crippen molar-refractivity contribution in [1.82, 2.24) is 10.2 Å². The molecule has 0 aliphatic carbocycles. The SMILES string of the molecule is CCN(CC)Cc1ccc(CNC(=NC)Nc2ccc3c(c2)OCCCO3)cc1.